The van der Waals surface area contributed by atoms with Crippen LogP contribution in [0.1, 0.15) is 43.2 Å². The molecule has 2 aliphatic rings. The monoisotopic (exact) mass is 319 g/mol. The molecule has 6 nitrogen and oxygen atoms in total. The summed E-state index contributed by atoms with van der Waals surface area (Å²) in [5, 5.41) is 0. The van der Waals surface area contributed by atoms with Crippen molar-refractivity contribution in [2.45, 2.75) is 38.2 Å². The van der Waals surface area contributed by atoms with Crippen LogP contribution in [0.25, 0.3) is 0 Å². The lowest BCUT2D eigenvalue weighted by Gasteiger charge is -2.42. The van der Waals surface area contributed by atoms with Crippen LogP contribution in [0.15, 0.2) is 18.5 Å². The second-order valence-corrected chi connectivity index (χ2v) is 6.25. The number of ether oxygens (including phenoxy) is 2. The number of carbonyl (C=O) groups excluding carboxylic acids is 1. The number of piperidine rings is 1. The van der Waals surface area contributed by atoms with Crippen LogP contribution < -0.4 is 0 Å². The molecule has 0 saturated carbocycles. The lowest BCUT2D eigenvalue weighted by Crippen LogP contribution is -2.49. The molecule has 1 aromatic rings. The van der Waals surface area contributed by atoms with Gasteiger partial charge in [-0.05, 0) is 44.6 Å². The molecular formula is C17H25N3O3. The Labute approximate surface area is 137 Å². The lowest BCUT2D eigenvalue weighted by atomic mass is 9.78. The van der Waals surface area contributed by atoms with Crippen LogP contribution in [-0.4, -0.2) is 59.3 Å². The summed E-state index contributed by atoms with van der Waals surface area (Å²) in [7, 11) is 0. The first-order valence-electron chi connectivity index (χ1n) is 8.53. The fourth-order valence-corrected chi connectivity index (χ4v) is 3.75. The van der Waals surface area contributed by atoms with Gasteiger partial charge in [0.25, 0.3) is 5.91 Å². The van der Waals surface area contributed by atoms with E-state index in [2.05, 4.69) is 9.97 Å². The summed E-state index contributed by atoms with van der Waals surface area (Å²) < 4.78 is 11.6. The maximum atomic E-state index is 12.4. The van der Waals surface area contributed by atoms with Crippen LogP contribution in [0.3, 0.4) is 0 Å². The van der Waals surface area contributed by atoms with E-state index in [0.29, 0.717) is 19.0 Å². The zero-order chi connectivity index (χ0) is 16.1. The summed E-state index contributed by atoms with van der Waals surface area (Å²) >= 11 is 0. The second kappa shape index (κ2) is 7.36. The fourth-order valence-electron chi connectivity index (χ4n) is 3.75. The van der Waals surface area contributed by atoms with Crippen LogP contribution in [-0.2, 0) is 9.47 Å². The Morgan fingerprint density at radius 3 is 2.83 bits per heavy atom. The first kappa shape index (κ1) is 16.3. The highest BCUT2D eigenvalue weighted by molar-refractivity contribution is 5.90. The minimum Gasteiger partial charge on any atom is -0.382 e. The smallest absolute Gasteiger partial charge is 0.291 e. The molecule has 2 aliphatic heterocycles. The fraction of sp³-hybridized carbons (Fsp3) is 0.706. The predicted octanol–water partition coefficient (Wildman–Crippen LogP) is 1.91. The van der Waals surface area contributed by atoms with Gasteiger partial charge in [-0.1, -0.05) is 0 Å². The standard InChI is InChI=1S/C17H25N3O3/c1-2-22-12-4-14-5-13-23-17(14)6-10-20(11-7-17)16(21)15-18-8-3-9-19-15/h3,8-9,14H,2,4-7,10-13H2,1H3/t14-/m1/s1. The predicted molar refractivity (Wildman–Crippen MR) is 85.1 cm³/mol. The second-order valence-electron chi connectivity index (χ2n) is 6.25. The summed E-state index contributed by atoms with van der Waals surface area (Å²) in [6.07, 6.45) is 7.14. The van der Waals surface area contributed by atoms with Crippen molar-refractivity contribution in [3.8, 4) is 0 Å². The van der Waals surface area contributed by atoms with Gasteiger partial charge in [0.15, 0.2) is 0 Å². The topological polar surface area (TPSA) is 64.6 Å². The van der Waals surface area contributed by atoms with Crippen LogP contribution in [0, 0.1) is 5.92 Å². The molecule has 1 spiro atoms. The number of likely N-dealkylation sites (tertiary alicyclic amines) is 1. The number of hydrogen-bond acceptors (Lipinski definition) is 5. The Bertz CT molecular complexity index is 515. The van der Waals surface area contributed by atoms with Crippen molar-refractivity contribution in [2.24, 2.45) is 5.92 Å². The average Bonchev–Trinajstić information content (AvgIpc) is 2.98. The van der Waals surface area contributed by atoms with E-state index >= 15 is 0 Å². The maximum Gasteiger partial charge on any atom is 0.291 e. The quantitative estimate of drug-likeness (QED) is 0.776. The lowest BCUT2D eigenvalue weighted by molar-refractivity contribution is -0.0670. The molecule has 1 amide bonds. The minimum atomic E-state index is -0.0793. The van der Waals surface area contributed by atoms with Gasteiger partial charge in [-0.15, -0.1) is 0 Å². The minimum absolute atomic E-state index is 0.0641. The molecule has 1 aromatic heterocycles. The highest BCUT2D eigenvalue weighted by Gasteiger charge is 2.46. The van der Waals surface area contributed by atoms with Crippen molar-refractivity contribution in [1.29, 1.82) is 0 Å². The maximum absolute atomic E-state index is 12.4. The van der Waals surface area contributed by atoms with Gasteiger partial charge in [0.2, 0.25) is 5.82 Å². The van der Waals surface area contributed by atoms with Crippen molar-refractivity contribution in [1.82, 2.24) is 14.9 Å². The Morgan fingerprint density at radius 1 is 1.39 bits per heavy atom. The third-order valence-electron chi connectivity index (χ3n) is 5.07. The van der Waals surface area contributed by atoms with E-state index in [9.17, 15) is 4.79 Å². The number of rotatable bonds is 5. The Hall–Kier alpha value is -1.53. The molecule has 0 radical (unpaired) electrons. The van der Waals surface area contributed by atoms with Gasteiger partial charge >= 0.3 is 0 Å². The van der Waals surface area contributed by atoms with Gasteiger partial charge < -0.3 is 14.4 Å². The van der Waals surface area contributed by atoms with Gasteiger partial charge in [0.1, 0.15) is 0 Å². The number of nitrogens with zero attached hydrogens (tertiary/aromatic N) is 3. The number of aromatic nitrogens is 2. The summed E-state index contributed by atoms with van der Waals surface area (Å²) in [5.74, 6) is 0.743. The largest absolute Gasteiger partial charge is 0.382 e. The third-order valence-corrected chi connectivity index (χ3v) is 5.07. The molecular weight excluding hydrogens is 294 g/mol. The third kappa shape index (κ3) is 3.53. The van der Waals surface area contributed by atoms with Crippen molar-refractivity contribution in [3.05, 3.63) is 24.3 Å². The van der Waals surface area contributed by atoms with Crippen LogP contribution >= 0.6 is 0 Å². The molecule has 3 rings (SSSR count). The van der Waals surface area contributed by atoms with E-state index in [1.165, 1.54) is 0 Å². The summed E-state index contributed by atoms with van der Waals surface area (Å²) in [4.78, 5) is 22.4. The Balaban J connectivity index is 1.58. The van der Waals surface area contributed by atoms with E-state index in [0.717, 1.165) is 45.5 Å². The average molecular weight is 319 g/mol. The van der Waals surface area contributed by atoms with Crippen LogP contribution in [0.5, 0.6) is 0 Å². The van der Waals surface area contributed by atoms with E-state index in [1.807, 2.05) is 11.8 Å². The highest BCUT2D eigenvalue weighted by atomic mass is 16.5. The summed E-state index contributed by atoms with van der Waals surface area (Å²) in [6.45, 7) is 5.83. The van der Waals surface area contributed by atoms with E-state index in [4.69, 9.17) is 9.47 Å². The molecule has 126 valence electrons. The molecule has 0 N–H and O–H groups in total. The van der Waals surface area contributed by atoms with Crippen molar-refractivity contribution < 1.29 is 14.3 Å². The summed E-state index contributed by atoms with van der Waals surface area (Å²) in [6, 6.07) is 1.72. The van der Waals surface area contributed by atoms with Gasteiger partial charge in [-0.25, -0.2) is 9.97 Å². The number of carbonyl (C=O) groups is 1. The van der Waals surface area contributed by atoms with Crippen molar-refractivity contribution in [2.75, 3.05) is 32.9 Å². The van der Waals surface area contributed by atoms with Gasteiger partial charge in [0.05, 0.1) is 5.60 Å². The van der Waals surface area contributed by atoms with E-state index in [-0.39, 0.29) is 17.3 Å². The molecule has 2 fully saturated rings. The number of amides is 1. The van der Waals surface area contributed by atoms with E-state index in [1.54, 1.807) is 18.5 Å². The normalized spacial score (nSPS) is 23.3. The Kier molecular flexibility index (Phi) is 5.23. The number of hydrogen-bond donors (Lipinski definition) is 0. The molecule has 0 aromatic carbocycles. The first-order valence-corrected chi connectivity index (χ1v) is 8.53. The van der Waals surface area contributed by atoms with Gasteiger partial charge in [-0.2, -0.15) is 0 Å². The SMILES string of the molecule is CCOCC[C@@H]1CCOC12CCN(C(=O)c1ncccn1)CC2. The Morgan fingerprint density at radius 2 is 2.13 bits per heavy atom. The molecule has 23 heavy (non-hydrogen) atoms. The van der Waals surface area contributed by atoms with Gasteiger partial charge in [-0.3, -0.25) is 4.79 Å². The first-order chi connectivity index (χ1) is 11.2. The molecule has 3 heterocycles. The zero-order valence-electron chi connectivity index (χ0n) is 13.7. The summed E-state index contributed by atoms with van der Waals surface area (Å²) in [5.41, 5.74) is -0.0641. The molecule has 1 atom stereocenters. The zero-order valence-corrected chi connectivity index (χ0v) is 13.7. The molecule has 0 bridgehead atoms. The van der Waals surface area contributed by atoms with Crippen LogP contribution in [0.2, 0.25) is 0 Å². The van der Waals surface area contributed by atoms with Crippen LogP contribution in [0.4, 0.5) is 0 Å². The molecule has 6 heteroatoms. The van der Waals surface area contributed by atoms with E-state index < -0.39 is 0 Å². The molecule has 0 unspecified atom stereocenters. The van der Waals surface area contributed by atoms with Gasteiger partial charge in [0, 0.05) is 45.3 Å². The molecule has 0 aliphatic carbocycles. The highest BCUT2D eigenvalue weighted by Crippen LogP contribution is 2.42. The van der Waals surface area contributed by atoms with Crippen molar-refractivity contribution in [3.63, 3.8) is 0 Å². The van der Waals surface area contributed by atoms with Crippen molar-refractivity contribution >= 4 is 5.91 Å². The molecule has 2 saturated heterocycles.